The molecule has 0 spiro atoms. The van der Waals surface area contributed by atoms with Gasteiger partial charge in [-0.15, -0.1) is 0 Å². The predicted molar refractivity (Wildman–Crippen MR) is 101 cm³/mol. The number of halogens is 2. The Morgan fingerprint density at radius 2 is 1.83 bits per heavy atom. The maximum absolute atomic E-state index is 6.23. The van der Waals surface area contributed by atoms with Gasteiger partial charge in [-0.1, -0.05) is 30.1 Å². The van der Waals surface area contributed by atoms with Gasteiger partial charge >= 0.3 is 0 Å². The lowest BCUT2D eigenvalue weighted by molar-refractivity contribution is 0.270. The molecule has 2 heterocycles. The third kappa shape index (κ3) is 4.09. The largest absolute Gasteiger partial charge is 0.339 e. The van der Waals surface area contributed by atoms with E-state index in [0.717, 1.165) is 55.9 Å². The fraction of sp³-hybridized carbons (Fsp3) is 0.412. The predicted octanol–water partition coefficient (Wildman–Crippen LogP) is 3.98. The fourth-order valence-electron chi connectivity index (χ4n) is 2.75. The summed E-state index contributed by atoms with van der Waals surface area (Å²) in [7, 11) is 0. The van der Waals surface area contributed by atoms with Crippen molar-refractivity contribution in [1.29, 1.82) is 0 Å². The quantitative estimate of drug-likeness (QED) is 0.887. The van der Waals surface area contributed by atoms with Crippen molar-refractivity contribution in [2.24, 2.45) is 0 Å². The molecule has 0 aliphatic carbocycles. The summed E-state index contributed by atoms with van der Waals surface area (Å²) >= 11 is 12.3. The Bertz CT molecular complexity index is 714. The third-order valence-corrected chi connectivity index (χ3v) is 4.70. The van der Waals surface area contributed by atoms with E-state index in [4.69, 9.17) is 23.2 Å². The van der Waals surface area contributed by atoms with Crippen LogP contribution < -0.4 is 10.2 Å². The molecule has 0 bridgehead atoms. The van der Waals surface area contributed by atoms with Gasteiger partial charge in [-0.05, 0) is 31.7 Å². The van der Waals surface area contributed by atoms with Gasteiger partial charge in [-0.3, -0.25) is 0 Å². The summed E-state index contributed by atoms with van der Waals surface area (Å²) in [4.78, 5) is 13.9. The number of piperazine rings is 1. The molecule has 0 saturated carbocycles. The highest BCUT2D eigenvalue weighted by Crippen LogP contribution is 2.28. The van der Waals surface area contributed by atoms with E-state index in [1.807, 2.05) is 13.0 Å². The summed E-state index contributed by atoms with van der Waals surface area (Å²) in [5.41, 5.74) is 1.66. The van der Waals surface area contributed by atoms with Gasteiger partial charge in [0.2, 0.25) is 5.95 Å². The van der Waals surface area contributed by atoms with Crippen LogP contribution in [-0.4, -0.2) is 47.6 Å². The summed E-state index contributed by atoms with van der Waals surface area (Å²) in [5, 5.41) is 4.48. The lowest BCUT2D eigenvalue weighted by Crippen LogP contribution is -2.46. The first-order valence-electron chi connectivity index (χ1n) is 8.10. The molecule has 0 atom stereocenters. The second kappa shape index (κ2) is 7.55. The number of nitrogens with zero attached hydrogens (tertiary/aromatic N) is 4. The second-order valence-electron chi connectivity index (χ2n) is 5.87. The monoisotopic (exact) mass is 365 g/mol. The summed E-state index contributed by atoms with van der Waals surface area (Å²) in [6.45, 7) is 9.20. The molecule has 1 aliphatic heterocycles. The van der Waals surface area contributed by atoms with E-state index in [1.165, 1.54) is 0 Å². The molecule has 1 N–H and O–H groups in total. The number of likely N-dealkylation sites (N-methyl/N-ethyl adjacent to an activating group) is 1. The van der Waals surface area contributed by atoms with Crippen molar-refractivity contribution in [1.82, 2.24) is 14.9 Å². The number of hydrogen-bond donors (Lipinski definition) is 1. The number of anilines is 3. The minimum Gasteiger partial charge on any atom is -0.339 e. The number of hydrogen-bond acceptors (Lipinski definition) is 5. The number of aryl methyl sites for hydroxylation is 1. The molecule has 3 rings (SSSR count). The van der Waals surface area contributed by atoms with Crippen molar-refractivity contribution in [2.75, 3.05) is 42.9 Å². The fourth-order valence-corrected chi connectivity index (χ4v) is 3.09. The Balaban J connectivity index is 1.80. The molecule has 5 nitrogen and oxygen atoms in total. The van der Waals surface area contributed by atoms with Gasteiger partial charge in [-0.25, -0.2) is 4.98 Å². The summed E-state index contributed by atoms with van der Waals surface area (Å²) < 4.78 is 0. The van der Waals surface area contributed by atoms with Crippen LogP contribution in [0, 0.1) is 6.92 Å². The molecular weight excluding hydrogens is 345 g/mol. The third-order valence-electron chi connectivity index (χ3n) is 4.14. The van der Waals surface area contributed by atoms with Crippen molar-refractivity contribution >= 4 is 40.7 Å². The van der Waals surface area contributed by atoms with Crippen LogP contribution in [0.15, 0.2) is 24.3 Å². The molecule has 1 saturated heterocycles. The van der Waals surface area contributed by atoms with Gasteiger partial charge in [0.15, 0.2) is 0 Å². The van der Waals surface area contributed by atoms with Crippen LogP contribution in [-0.2, 0) is 0 Å². The van der Waals surface area contributed by atoms with Crippen LogP contribution in [0.1, 0.15) is 12.6 Å². The zero-order valence-electron chi connectivity index (χ0n) is 13.9. The van der Waals surface area contributed by atoms with E-state index < -0.39 is 0 Å². The van der Waals surface area contributed by atoms with Crippen molar-refractivity contribution in [2.45, 2.75) is 13.8 Å². The van der Waals surface area contributed by atoms with Crippen LogP contribution in [0.4, 0.5) is 17.5 Å². The van der Waals surface area contributed by atoms with E-state index in [9.17, 15) is 0 Å². The average Bonchev–Trinajstić information content (AvgIpc) is 2.58. The maximum Gasteiger partial charge on any atom is 0.227 e. The first-order chi connectivity index (χ1) is 11.5. The van der Waals surface area contributed by atoms with Gasteiger partial charge in [0.1, 0.15) is 5.82 Å². The minimum atomic E-state index is 0.605. The number of benzene rings is 1. The second-order valence-corrected chi connectivity index (χ2v) is 6.71. The highest BCUT2D eigenvalue weighted by atomic mass is 35.5. The molecule has 1 aliphatic rings. The zero-order valence-corrected chi connectivity index (χ0v) is 15.4. The zero-order chi connectivity index (χ0) is 17.1. The Labute approximate surface area is 152 Å². The van der Waals surface area contributed by atoms with Gasteiger partial charge in [0.25, 0.3) is 0 Å². The molecule has 2 aromatic rings. The highest BCUT2D eigenvalue weighted by Gasteiger charge is 2.18. The van der Waals surface area contributed by atoms with Gasteiger partial charge < -0.3 is 15.1 Å². The van der Waals surface area contributed by atoms with Crippen molar-refractivity contribution in [3.63, 3.8) is 0 Å². The Kier molecular flexibility index (Phi) is 5.43. The van der Waals surface area contributed by atoms with Crippen LogP contribution in [0.2, 0.25) is 10.0 Å². The van der Waals surface area contributed by atoms with E-state index in [2.05, 4.69) is 32.0 Å². The highest BCUT2D eigenvalue weighted by molar-refractivity contribution is 6.35. The summed E-state index contributed by atoms with van der Waals surface area (Å²) in [6.07, 6.45) is 0. The van der Waals surface area contributed by atoms with Crippen LogP contribution in [0.5, 0.6) is 0 Å². The molecule has 24 heavy (non-hydrogen) atoms. The SMILES string of the molecule is CCN1CCN(c2nc(C)cc(Nc3cc(Cl)ccc3Cl)n2)CC1. The molecule has 1 aromatic heterocycles. The molecule has 0 unspecified atom stereocenters. The molecule has 0 radical (unpaired) electrons. The first-order valence-corrected chi connectivity index (χ1v) is 8.86. The van der Waals surface area contributed by atoms with Crippen LogP contribution in [0.3, 0.4) is 0 Å². The van der Waals surface area contributed by atoms with Crippen molar-refractivity contribution in [3.05, 3.63) is 40.0 Å². The molecular formula is C17H21Cl2N5. The summed E-state index contributed by atoms with van der Waals surface area (Å²) in [5.74, 6) is 1.48. The standard InChI is InChI=1S/C17H21Cl2N5/c1-3-23-6-8-24(9-7-23)17-20-12(2)10-16(22-17)21-15-11-13(18)4-5-14(15)19/h4-5,10-11H,3,6-9H2,1-2H3,(H,20,21,22). The smallest absolute Gasteiger partial charge is 0.227 e. The topological polar surface area (TPSA) is 44.3 Å². The molecule has 128 valence electrons. The number of rotatable bonds is 4. The van der Waals surface area contributed by atoms with E-state index >= 15 is 0 Å². The lowest BCUT2D eigenvalue weighted by atomic mass is 10.3. The normalized spacial score (nSPS) is 15.6. The van der Waals surface area contributed by atoms with Crippen molar-refractivity contribution < 1.29 is 0 Å². The lowest BCUT2D eigenvalue weighted by Gasteiger charge is -2.34. The number of nitrogens with one attached hydrogen (secondary N) is 1. The van der Waals surface area contributed by atoms with Crippen molar-refractivity contribution in [3.8, 4) is 0 Å². The minimum absolute atomic E-state index is 0.605. The van der Waals surface area contributed by atoms with E-state index in [1.54, 1.807) is 18.2 Å². The van der Waals surface area contributed by atoms with E-state index in [0.29, 0.717) is 10.0 Å². The average molecular weight is 366 g/mol. The summed E-state index contributed by atoms with van der Waals surface area (Å²) in [6, 6.07) is 7.23. The van der Waals surface area contributed by atoms with Gasteiger partial charge in [0.05, 0.1) is 10.7 Å². The molecule has 1 aromatic carbocycles. The van der Waals surface area contributed by atoms with Gasteiger partial charge in [-0.2, -0.15) is 4.98 Å². The van der Waals surface area contributed by atoms with Crippen LogP contribution in [0.25, 0.3) is 0 Å². The Morgan fingerprint density at radius 1 is 1.08 bits per heavy atom. The Hall–Kier alpha value is -1.56. The molecule has 7 heteroatoms. The van der Waals surface area contributed by atoms with Gasteiger partial charge in [0, 0.05) is 43.0 Å². The number of aromatic nitrogens is 2. The molecule has 0 amide bonds. The van der Waals surface area contributed by atoms with Crippen LogP contribution >= 0.6 is 23.2 Å². The maximum atomic E-state index is 6.23. The molecule has 1 fully saturated rings. The Morgan fingerprint density at radius 3 is 2.54 bits per heavy atom. The first kappa shape index (κ1) is 17.3. The van der Waals surface area contributed by atoms with E-state index in [-0.39, 0.29) is 0 Å².